The third kappa shape index (κ3) is 5.24. The summed E-state index contributed by atoms with van der Waals surface area (Å²) in [6, 6.07) is 9.87. The quantitative estimate of drug-likeness (QED) is 0.733. The van der Waals surface area contributed by atoms with Gasteiger partial charge in [-0.05, 0) is 12.6 Å². The zero-order valence-corrected chi connectivity index (χ0v) is 13.3. The van der Waals surface area contributed by atoms with E-state index in [2.05, 4.69) is 9.80 Å². The molecule has 0 spiro atoms. The first-order valence-electron chi connectivity index (χ1n) is 7.66. The molecule has 0 aliphatic carbocycles. The van der Waals surface area contributed by atoms with E-state index in [4.69, 9.17) is 4.74 Å². The Bertz CT molecular complexity index is 504. The number of nitrogens with zero attached hydrogens (tertiary/aromatic N) is 2. The number of rotatable bonds is 6. The average Bonchev–Trinajstić information content (AvgIpc) is 2.48. The molecule has 120 valence electrons. The lowest BCUT2D eigenvalue weighted by molar-refractivity contribution is -0.143. The number of benzene rings is 1. The summed E-state index contributed by atoms with van der Waals surface area (Å²) < 4.78 is 5.14. The van der Waals surface area contributed by atoms with Crippen molar-refractivity contribution in [3.63, 3.8) is 0 Å². The van der Waals surface area contributed by atoms with Gasteiger partial charge >= 0.3 is 5.97 Å². The van der Waals surface area contributed by atoms with E-state index in [0.717, 1.165) is 25.2 Å². The lowest BCUT2D eigenvalue weighted by Gasteiger charge is -2.39. The molecule has 0 saturated carbocycles. The van der Waals surface area contributed by atoms with Gasteiger partial charge in [0.1, 0.15) is 6.61 Å². The second kappa shape index (κ2) is 8.06. The zero-order chi connectivity index (χ0) is 15.9. The fourth-order valence-electron chi connectivity index (χ4n) is 2.73. The number of Topliss-reactive ketones (excluding diaryl/α,β-unsaturated/α-hetero) is 1. The predicted molar refractivity (Wildman–Crippen MR) is 84.6 cm³/mol. The molecule has 2 rings (SSSR count). The van der Waals surface area contributed by atoms with E-state index >= 15 is 0 Å². The van der Waals surface area contributed by atoms with Gasteiger partial charge in [-0.15, -0.1) is 0 Å². The molecular formula is C17H24N2O3. The Labute approximate surface area is 131 Å². The normalized spacial score (nSPS) is 19.8. The largest absolute Gasteiger partial charge is 0.464 e. The SMILES string of the molecule is CC(=O)OCC1CN(C)CCN1CC(=O)Cc1ccccc1. The van der Waals surface area contributed by atoms with Crippen LogP contribution in [0.15, 0.2) is 30.3 Å². The molecule has 1 heterocycles. The summed E-state index contributed by atoms with van der Waals surface area (Å²) in [6.45, 7) is 4.73. The molecule has 0 bridgehead atoms. The van der Waals surface area contributed by atoms with E-state index in [-0.39, 0.29) is 17.8 Å². The van der Waals surface area contributed by atoms with Crippen molar-refractivity contribution in [3.05, 3.63) is 35.9 Å². The second-order valence-electron chi connectivity index (χ2n) is 5.89. The number of carbonyl (C=O) groups is 2. The van der Waals surface area contributed by atoms with Crippen LogP contribution in [0, 0.1) is 0 Å². The highest BCUT2D eigenvalue weighted by Gasteiger charge is 2.27. The van der Waals surface area contributed by atoms with E-state index in [1.807, 2.05) is 37.4 Å². The van der Waals surface area contributed by atoms with E-state index in [0.29, 0.717) is 19.6 Å². The summed E-state index contributed by atoms with van der Waals surface area (Å²) >= 11 is 0. The second-order valence-corrected chi connectivity index (χ2v) is 5.89. The van der Waals surface area contributed by atoms with Crippen LogP contribution >= 0.6 is 0 Å². The first-order valence-corrected chi connectivity index (χ1v) is 7.66. The van der Waals surface area contributed by atoms with Crippen molar-refractivity contribution in [1.82, 2.24) is 9.80 Å². The Hall–Kier alpha value is -1.72. The van der Waals surface area contributed by atoms with Gasteiger partial charge in [-0.1, -0.05) is 30.3 Å². The van der Waals surface area contributed by atoms with Gasteiger partial charge in [0, 0.05) is 33.0 Å². The number of hydrogen-bond acceptors (Lipinski definition) is 5. The van der Waals surface area contributed by atoms with Crippen LogP contribution in [0.1, 0.15) is 12.5 Å². The maximum absolute atomic E-state index is 12.3. The number of piperazine rings is 1. The van der Waals surface area contributed by atoms with Crippen LogP contribution < -0.4 is 0 Å². The van der Waals surface area contributed by atoms with Gasteiger partial charge < -0.3 is 9.64 Å². The number of hydrogen-bond donors (Lipinski definition) is 0. The van der Waals surface area contributed by atoms with Crippen LogP contribution in [0.2, 0.25) is 0 Å². The third-order valence-electron chi connectivity index (χ3n) is 3.91. The Morgan fingerprint density at radius 1 is 1.23 bits per heavy atom. The third-order valence-corrected chi connectivity index (χ3v) is 3.91. The maximum Gasteiger partial charge on any atom is 0.302 e. The number of carbonyl (C=O) groups excluding carboxylic acids is 2. The summed E-state index contributed by atoms with van der Waals surface area (Å²) in [5, 5.41) is 0. The molecule has 1 saturated heterocycles. The molecule has 0 aromatic heterocycles. The molecule has 1 fully saturated rings. The Balaban J connectivity index is 1.90. The van der Waals surface area contributed by atoms with Crippen LogP contribution in [0.25, 0.3) is 0 Å². The Kier molecular flexibility index (Phi) is 6.10. The number of ether oxygens (including phenoxy) is 1. The molecule has 0 radical (unpaired) electrons. The Morgan fingerprint density at radius 2 is 1.95 bits per heavy atom. The molecule has 1 aromatic carbocycles. The van der Waals surface area contributed by atoms with Crippen LogP contribution in [-0.4, -0.2) is 67.4 Å². The van der Waals surface area contributed by atoms with E-state index < -0.39 is 0 Å². The summed E-state index contributed by atoms with van der Waals surface area (Å²) in [4.78, 5) is 27.6. The smallest absolute Gasteiger partial charge is 0.302 e. The first kappa shape index (κ1) is 16.6. The van der Waals surface area contributed by atoms with Crippen molar-refractivity contribution in [1.29, 1.82) is 0 Å². The first-order chi connectivity index (χ1) is 10.5. The summed E-state index contributed by atoms with van der Waals surface area (Å²) in [7, 11) is 2.05. The predicted octanol–water partition coefficient (Wildman–Crippen LogP) is 0.977. The van der Waals surface area contributed by atoms with Crippen molar-refractivity contribution in [2.75, 3.05) is 39.8 Å². The Morgan fingerprint density at radius 3 is 2.64 bits per heavy atom. The summed E-state index contributed by atoms with van der Waals surface area (Å²) in [6.07, 6.45) is 0.452. The lowest BCUT2D eigenvalue weighted by Crippen LogP contribution is -2.55. The van der Waals surface area contributed by atoms with E-state index in [9.17, 15) is 9.59 Å². The molecule has 5 nitrogen and oxygen atoms in total. The van der Waals surface area contributed by atoms with Gasteiger partial charge in [-0.3, -0.25) is 14.5 Å². The van der Waals surface area contributed by atoms with Gasteiger partial charge in [-0.2, -0.15) is 0 Å². The van der Waals surface area contributed by atoms with Crippen LogP contribution in [0.4, 0.5) is 0 Å². The van der Waals surface area contributed by atoms with Gasteiger partial charge in [0.05, 0.1) is 12.6 Å². The monoisotopic (exact) mass is 304 g/mol. The minimum atomic E-state index is -0.274. The van der Waals surface area contributed by atoms with Crippen molar-refractivity contribution in [3.8, 4) is 0 Å². The minimum Gasteiger partial charge on any atom is -0.464 e. The van der Waals surface area contributed by atoms with E-state index in [1.54, 1.807) is 0 Å². The van der Waals surface area contributed by atoms with Gasteiger partial charge in [-0.25, -0.2) is 0 Å². The van der Waals surface area contributed by atoms with Crippen molar-refractivity contribution >= 4 is 11.8 Å². The fourth-order valence-corrected chi connectivity index (χ4v) is 2.73. The van der Waals surface area contributed by atoms with Crippen molar-refractivity contribution in [2.24, 2.45) is 0 Å². The molecule has 5 heteroatoms. The number of likely N-dealkylation sites (N-methyl/N-ethyl adjacent to an activating group) is 1. The minimum absolute atomic E-state index is 0.0855. The van der Waals surface area contributed by atoms with Crippen LogP contribution in [0.3, 0.4) is 0 Å². The molecule has 0 N–H and O–H groups in total. The summed E-state index contributed by atoms with van der Waals surface area (Å²) in [5.41, 5.74) is 1.04. The summed E-state index contributed by atoms with van der Waals surface area (Å²) in [5.74, 6) is -0.0765. The highest BCUT2D eigenvalue weighted by atomic mass is 16.5. The molecule has 22 heavy (non-hydrogen) atoms. The molecule has 1 aliphatic heterocycles. The molecule has 1 aromatic rings. The zero-order valence-electron chi connectivity index (χ0n) is 13.3. The average molecular weight is 304 g/mol. The lowest BCUT2D eigenvalue weighted by atomic mass is 10.1. The van der Waals surface area contributed by atoms with Gasteiger partial charge in [0.15, 0.2) is 5.78 Å². The van der Waals surface area contributed by atoms with Crippen LogP contribution in [0.5, 0.6) is 0 Å². The standard InChI is InChI=1S/C17H24N2O3/c1-14(20)22-13-16-11-18(2)8-9-19(16)12-17(21)10-15-6-4-3-5-7-15/h3-7,16H,8-13H2,1-2H3. The van der Waals surface area contributed by atoms with Crippen molar-refractivity contribution in [2.45, 2.75) is 19.4 Å². The topological polar surface area (TPSA) is 49.9 Å². The van der Waals surface area contributed by atoms with Crippen molar-refractivity contribution < 1.29 is 14.3 Å². The van der Waals surface area contributed by atoms with E-state index in [1.165, 1.54) is 6.92 Å². The van der Waals surface area contributed by atoms with Crippen LogP contribution in [-0.2, 0) is 20.7 Å². The number of esters is 1. The molecule has 1 aliphatic rings. The molecular weight excluding hydrogens is 280 g/mol. The van der Waals surface area contributed by atoms with Gasteiger partial charge in [0.25, 0.3) is 0 Å². The molecule has 0 amide bonds. The fraction of sp³-hybridized carbons (Fsp3) is 0.529. The highest BCUT2D eigenvalue weighted by molar-refractivity contribution is 5.82. The highest BCUT2D eigenvalue weighted by Crippen LogP contribution is 2.10. The maximum atomic E-state index is 12.3. The molecule has 1 unspecified atom stereocenters. The van der Waals surface area contributed by atoms with Gasteiger partial charge in [0.2, 0.25) is 0 Å². The number of ketones is 1. The molecule has 1 atom stereocenters.